The molecule has 0 aliphatic carbocycles. The van der Waals surface area contributed by atoms with Crippen molar-refractivity contribution < 1.29 is 4.79 Å². The molecular formula is C29H24N4O. The van der Waals surface area contributed by atoms with E-state index < -0.39 is 0 Å². The highest BCUT2D eigenvalue weighted by Gasteiger charge is 2.18. The van der Waals surface area contributed by atoms with Gasteiger partial charge in [-0.05, 0) is 53.4 Å². The van der Waals surface area contributed by atoms with Gasteiger partial charge in [0.2, 0.25) is 0 Å². The summed E-state index contributed by atoms with van der Waals surface area (Å²) < 4.78 is 1.84. The molecular weight excluding hydrogens is 420 g/mol. The second-order valence-electron chi connectivity index (χ2n) is 8.20. The van der Waals surface area contributed by atoms with Crippen LogP contribution >= 0.6 is 0 Å². The van der Waals surface area contributed by atoms with Crippen molar-refractivity contribution in [2.45, 2.75) is 13.8 Å². The molecule has 1 N–H and O–H groups in total. The molecule has 0 radical (unpaired) electrons. The molecule has 5 heteroatoms. The third kappa shape index (κ3) is 4.11. The standard InChI is InChI=1S/C29H24N4O/c1-20-10-3-5-13-23(20)19-30-31-29(34)26-18-28(33(32-26)27-17-8-4-11-21(27)2)25-16-9-14-22-12-6-7-15-24(22)25/h3-19H,1-2H3,(H,31,34)/b30-19-. The van der Waals surface area contributed by atoms with E-state index in [4.69, 9.17) is 5.10 Å². The number of carbonyl (C=O) groups excluding carboxylic acids is 1. The molecule has 0 bridgehead atoms. The van der Waals surface area contributed by atoms with Gasteiger partial charge in [0.1, 0.15) is 0 Å². The molecule has 0 atom stereocenters. The summed E-state index contributed by atoms with van der Waals surface area (Å²) in [5, 5.41) is 11.1. The quantitative estimate of drug-likeness (QED) is 0.264. The van der Waals surface area contributed by atoms with E-state index in [2.05, 4.69) is 34.8 Å². The van der Waals surface area contributed by atoms with Crippen molar-refractivity contribution in [1.29, 1.82) is 0 Å². The molecule has 5 rings (SSSR count). The van der Waals surface area contributed by atoms with Gasteiger partial charge in [-0.15, -0.1) is 0 Å². The van der Waals surface area contributed by atoms with Crippen LogP contribution in [0.4, 0.5) is 0 Å². The maximum absolute atomic E-state index is 13.0. The Morgan fingerprint density at radius 3 is 2.38 bits per heavy atom. The average molecular weight is 445 g/mol. The Labute approximate surface area is 198 Å². The maximum atomic E-state index is 13.0. The Kier molecular flexibility index (Phi) is 5.75. The Hall–Kier alpha value is -4.51. The van der Waals surface area contributed by atoms with Crippen LogP contribution in [0.5, 0.6) is 0 Å². The molecule has 0 unspecified atom stereocenters. The summed E-state index contributed by atoms with van der Waals surface area (Å²) in [6.07, 6.45) is 1.65. The monoisotopic (exact) mass is 444 g/mol. The van der Waals surface area contributed by atoms with Gasteiger partial charge < -0.3 is 0 Å². The zero-order valence-corrected chi connectivity index (χ0v) is 19.1. The minimum absolute atomic E-state index is 0.299. The lowest BCUT2D eigenvalue weighted by Crippen LogP contribution is -2.18. The molecule has 5 aromatic rings. The number of aryl methyl sites for hydroxylation is 2. The Bertz CT molecular complexity index is 1530. The van der Waals surface area contributed by atoms with E-state index in [1.54, 1.807) is 6.21 Å². The molecule has 0 saturated heterocycles. The fourth-order valence-corrected chi connectivity index (χ4v) is 4.07. The highest BCUT2D eigenvalue weighted by Crippen LogP contribution is 2.31. The van der Waals surface area contributed by atoms with E-state index in [9.17, 15) is 4.79 Å². The number of benzene rings is 4. The number of hydrogen-bond donors (Lipinski definition) is 1. The van der Waals surface area contributed by atoms with E-state index in [0.29, 0.717) is 5.69 Å². The largest absolute Gasteiger partial charge is 0.291 e. The maximum Gasteiger partial charge on any atom is 0.291 e. The van der Waals surface area contributed by atoms with Gasteiger partial charge in [-0.3, -0.25) is 4.79 Å². The van der Waals surface area contributed by atoms with E-state index >= 15 is 0 Å². The first-order valence-electron chi connectivity index (χ1n) is 11.1. The smallest absolute Gasteiger partial charge is 0.265 e. The molecule has 1 amide bonds. The number of amides is 1. The molecule has 4 aromatic carbocycles. The first-order chi connectivity index (χ1) is 16.6. The second kappa shape index (κ2) is 9.16. The molecule has 34 heavy (non-hydrogen) atoms. The summed E-state index contributed by atoms with van der Waals surface area (Å²) in [5.74, 6) is -0.362. The van der Waals surface area contributed by atoms with Crippen LogP contribution in [-0.2, 0) is 0 Å². The minimum Gasteiger partial charge on any atom is -0.265 e. The molecule has 1 aromatic heterocycles. The lowest BCUT2D eigenvalue weighted by molar-refractivity contribution is 0.0949. The highest BCUT2D eigenvalue weighted by atomic mass is 16.2. The molecule has 0 saturated carbocycles. The number of fused-ring (bicyclic) bond motifs is 1. The summed E-state index contributed by atoms with van der Waals surface area (Å²) in [6, 6.07) is 32.1. The Morgan fingerprint density at radius 1 is 0.853 bits per heavy atom. The lowest BCUT2D eigenvalue weighted by Gasteiger charge is -2.12. The Morgan fingerprint density at radius 2 is 1.56 bits per heavy atom. The minimum atomic E-state index is -0.362. The molecule has 0 fully saturated rings. The number of rotatable bonds is 5. The fraction of sp³-hybridized carbons (Fsp3) is 0.0690. The first-order valence-corrected chi connectivity index (χ1v) is 11.1. The molecule has 5 nitrogen and oxygen atoms in total. The van der Waals surface area contributed by atoms with Gasteiger partial charge >= 0.3 is 0 Å². The van der Waals surface area contributed by atoms with Crippen LogP contribution in [0, 0.1) is 13.8 Å². The van der Waals surface area contributed by atoms with Crippen LogP contribution in [0.3, 0.4) is 0 Å². The molecule has 0 aliphatic rings. The van der Waals surface area contributed by atoms with Crippen molar-refractivity contribution in [3.63, 3.8) is 0 Å². The predicted octanol–water partition coefficient (Wildman–Crippen LogP) is 6.07. The van der Waals surface area contributed by atoms with Crippen molar-refractivity contribution >= 4 is 22.9 Å². The zero-order valence-electron chi connectivity index (χ0n) is 19.1. The van der Waals surface area contributed by atoms with Gasteiger partial charge in [0.25, 0.3) is 5.91 Å². The van der Waals surface area contributed by atoms with Gasteiger partial charge in [-0.25, -0.2) is 10.1 Å². The van der Waals surface area contributed by atoms with Crippen LogP contribution in [0.1, 0.15) is 27.2 Å². The third-order valence-electron chi connectivity index (χ3n) is 5.91. The summed E-state index contributed by atoms with van der Waals surface area (Å²) in [5.41, 5.74) is 8.81. The van der Waals surface area contributed by atoms with Crippen LogP contribution in [0.25, 0.3) is 27.7 Å². The van der Waals surface area contributed by atoms with Gasteiger partial charge in [0.15, 0.2) is 5.69 Å². The van der Waals surface area contributed by atoms with Crippen molar-refractivity contribution in [2.24, 2.45) is 5.10 Å². The first kappa shape index (κ1) is 21.3. The number of aromatic nitrogens is 2. The zero-order chi connectivity index (χ0) is 23.5. The second-order valence-corrected chi connectivity index (χ2v) is 8.20. The lowest BCUT2D eigenvalue weighted by atomic mass is 10.0. The number of para-hydroxylation sites is 1. The van der Waals surface area contributed by atoms with Gasteiger partial charge in [-0.2, -0.15) is 10.2 Å². The number of hydrogen-bond acceptors (Lipinski definition) is 3. The van der Waals surface area contributed by atoms with Crippen molar-refractivity contribution in [2.75, 3.05) is 0 Å². The predicted molar refractivity (Wildman–Crippen MR) is 137 cm³/mol. The fourth-order valence-electron chi connectivity index (χ4n) is 4.07. The summed E-state index contributed by atoms with van der Waals surface area (Å²) >= 11 is 0. The van der Waals surface area contributed by atoms with Gasteiger partial charge in [-0.1, -0.05) is 84.9 Å². The van der Waals surface area contributed by atoms with Crippen molar-refractivity contribution in [3.8, 4) is 16.9 Å². The van der Waals surface area contributed by atoms with Crippen LogP contribution in [0.15, 0.2) is 102 Å². The molecule has 0 spiro atoms. The molecule has 166 valence electrons. The summed E-state index contributed by atoms with van der Waals surface area (Å²) in [7, 11) is 0. The molecule has 0 aliphatic heterocycles. The topological polar surface area (TPSA) is 59.3 Å². The van der Waals surface area contributed by atoms with E-state index in [1.165, 1.54) is 0 Å². The SMILES string of the molecule is Cc1ccccc1/C=N\NC(=O)c1cc(-c2cccc3ccccc23)n(-c2ccccc2C)n1. The normalized spacial score (nSPS) is 11.2. The van der Waals surface area contributed by atoms with Gasteiger partial charge in [0, 0.05) is 5.56 Å². The number of nitrogens with zero attached hydrogens (tertiary/aromatic N) is 3. The third-order valence-corrected chi connectivity index (χ3v) is 5.91. The summed E-state index contributed by atoms with van der Waals surface area (Å²) in [6.45, 7) is 4.04. The van der Waals surface area contributed by atoms with Crippen LogP contribution in [0.2, 0.25) is 0 Å². The summed E-state index contributed by atoms with van der Waals surface area (Å²) in [4.78, 5) is 13.0. The number of hydrazone groups is 1. The highest BCUT2D eigenvalue weighted by molar-refractivity contribution is 5.99. The van der Waals surface area contributed by atoms with Crippen molar-refractivity contribution in [1.82, 2.24) is 15.2 Å². The van der Waals surface area contributed by atoms with Crippen LogP contribution in [-0.4, -0.2) is 21.9 Å². The van der Waals surface area contributed by atoms with Gasteiger partial charge in [0.05, 0.1) is 17.6 Å². The van der Waals surface area contributed by atoms with E-state index in [0.717, 1.165) is 44.4 Å². The van der Waals surface area contributed by atoms with Crippen molar-refractivity contribution in [3.05, 3.63) is 119 Å². The van der Waals surface area contributed by atoms with Crippen LogP contribution < -0.4 is 5.43 Å². The molecule has 1 heterocycles. The average Bonchev–Trinajstić information content (AvgIpc) is 3.30. The van der Waals surface area contributed by atoms with E-state index in [-0.39, 0.29) is 5.91 Å². The number of carbonyl (C=O) groups is 1. The number of nitrogens with one attached hydrogen (secondary N) is 1. The van der Waals surface area contributed by atoms with E-state index in [1.807, 2.05) is 91.3 Å². The Balaban J connectivity index is 1.57.